The van der Waals surface area contributed by atoms with E-state index in [0.717, 1.165) is 0 Å². The summed E-state index contributed by atoms with van der Waals surface area (Å²) in [6.07, 6.45) is 10.1. The second kappa shape index (κ2) is 2.31. The zero-order valence-corrected chi connectivity index (χ0v) is 4.70. The van der Waals surface area contributed by atoms with Crippen molar-refractivity contribution in [3.63, 3.8) is 0 Å². The summed E-state index contributed by atoms with van der Waals surface area (Å²) in [6.45, 7) is 0. The van der Waals surface area contributed by atoms with Crippen molar-refractivity contribution in [2.24, 2.45) is 5.10 Å². The van der Waals surface area contributed by atoms with E-state index in [1.165, 1.54) is 0 Å². The number of hydrogen-bond donors (Lipinski definition) is 0. The molecule has 1 heterocycles. The van der Waals surface area contributed by atoms with Gasteiger partial charge in [-0.2, -0.15) is 5.10 Å². The van der Waals surface area contributed by atoms with Gasteiger partial charge < -0.3 is 0 Å². The van der Waals surface area contributed by atoms with Gasteiger partial charge in [-0.25, -0.2) is 0 Å². The van der Waals surface area contributed by atoms with Crippen molar-refractivity contribution in [3.8, 4) is 0 Å². The molecule has 8 heavy (non-hydrogen) atoms. The van der Waals surface area contributed by atoms with Gasteiger partial charge >= 0.3 is 0 Å². The molecule has 0 saturated heterocycles. The third-order valence-electron chi connectivity index (χ3n) is 0.799. The van der Waals surface area contributed by atoms with Gasteiger partial charge in [0.05, 0.1) is 0 Å². The fourth-order valence-corrected chi connectivity index (χ4v) is 0.431. The highest BCUT2D eigenvalue weighted by atomic mass is 15.4. The summed E-state index contributed by atoms with van der Waals surface area (Å²) in [6, 6.07) is 0. The number of hydrazone groups is 1. The minimum atomic E-state index is 1.69. The minimum Gasteiger partial charge on any atom is -0.275 e. The maximum absolute atomic E-state index is 3.83. The normalized spacial score (nSPS) is 16.9. The first-order valence-corrected chi connectivity index (χ1v) is 2.42. The predicted octanol–water partition coefficient (Wildman–Crippen LogP) is 0.865. The van der Waals surface area contributed by atoms with E-state index in [4.69, 9.17) is 0 Å². The van der Waals surface area contributed by atoms with Crippen LogP contribution in [-0.2, 0) is 0 Å². The van der Waals surface area contributed by atoms with E-state index in [1.54, 1.807) is 11.1 Å². The highest BCUT2D eigenvalue weighted by Crippen LogP contribution is 1.88. The maximum Gasteiger partial charge on any atom is 0.111 e. The van der Waals surface area contributed by atoms with E-state index in [0.29, 0.717) is 0 Å². The van der Waals surface area contributed by atoms with Crippen LogP contribution >= 0.6 is 0 Å². The van der Waals surface area contributed by atoms with Crippen LogP contribution in [0.5, 0.6) is 0 Å². The number of hydrogen-bond acceptors (Lipinski definition) is 2. The Balaban J connectivity index is 2.66. The van der Waals surface area contributed by atoms with Gasteiger partial charge in [0.2, 0.25) is 0 Å². The van der Waals surface area contributed by atoms with E-state index >= 15 is 0 Å². The van der Waals surface area contributed by atoms with Gasteiger partial charge in [-0.05, 0) is 12.2 Å². The number of rotatable bonds is 0. The molecule has 2 heteroatoms. The maximum atomic E-state index is 3.83. The Morgan fingerprint density at radius 1 is 1.50 bits per heavy atom. The van der Waals surface area contributed by atoms with Crippen LogP contribution in [0.15, 0.2) is 29.5 Å². The van der Waals surface area contributed by atoms with Gasteiger partial charge in [-0.15, -0.1) is 0 Å². The molecule has 0 aliphatic carbocycles. The van der Waals surface area contributed by atoms with Gasteiger partial charge in [0.25, 0.3) is 0 Å². The largest absolute Gasteiger partial charge is 0.275 e. The Labute approximate surface area is 48.8 Å². The summed E-state index contributed by atoms with van der Waals surface area (Å²) >= 11 is 0. The molecule has 0 N–H and O–H groups in total. The lowest BCUT2D eigenvalue weighted by Gasteiger charge is -2.00. The topological polar surface area (TPSA) is 15.6 Å². The van der Waals surface area contributed by atoms with Crippen molar-refractivity contribution >= 4 is 6.21 Å². The first kappa shape index (κ1) is 5.09. The smallest absolute Gasteiger partial charge is 0.111 e. The summed E-state index contributed by atoms with van der Waals surface area (Å²) in [5.41, 5.74) is 0. The van der Waals surface area contributed by atoms with Gasteiger partial charge in [0, 0.05) is 13.2 Å². The van der Waals surface area contributed by atoms with Gasteiger partial charge in [0.1, 0.15) is 6.21 Å². The van der Waals surface area contributed by atoms with Crippen LogP contribution in [0, 0.1) is 0 Å². The van der Waals surface area contributed by atoms with E-state index in [-0.39, 0.29) is 0 Å². The average Bonchev–Trinajstić information content (AvgIpc) is 1.94. The van der Waals surface area contributed by atoms with Gasteiger partial charge in [-0.1, -0.05) is 6.08 Å². The first-order chi connectivity index (χ1) is 3.89. The van der Waals surface area contributed by atoms with E-state index in [2.05, 4.69) is 11.3 Å². The monoisotopic (exact) mass is 107 g/mol. The van der Waals surface area contributed by atoms with Crippen molar-refractivity contribution in [1.82, 2.24) is 5.01 Å². The molecule has 0 atom stereocenters. The van der Waals surface area contributed by atoms with Crippen LogP contribution < -0.4 is 0 Å². The predicted molar refractivity (Wildman–Crippen MR) is 33.5 cm³/mol. The molecule has 0 unspecified atom stereocenters. The molecule has 1 radical (unpaired) electrons. The lowest BCUT2D eigenvalue weighted by molar-refractivity contribution is 0.494. The molecule has 0 aromatic carbocycles. The van der Waals surface area contributed by atoms with Crippen LogP contribution in [0.3, 0.4) is 0 Å². The summed E-state index contributed by atoms with van der Waals surface area (Å²) in [5, 5.41) is 5.53. The molecule has 0 bridgehead atoms. The fourth-order valence-electron chi connectivity index (χ4n) is 0.431. The Bertz CT molecular complexity index is 129. The zero-order chi connectivity index (χ0) is 5.82. The molecule has 1 aliphatic heterocycles. The van der Waals surface area contributed by atoms with Gasteiger partial charge in [0.15, 0.2) is 0 Å². The lowest BCUT2D eigenvalue weighted by Crippen LogP contribution is -1.98. The second-order valence-electron chi connectivity index (χ2n) is 1.50. The molecule has 0 fully saturated rings. The number of allylic oxidation sites excluding steroid dienone is 3. The van der Waals surface area contributed by atoms with E-state index in [1.807, 2.05) is 25.4 Å². The summed E-state index contributed by atoms with van der Waals surface area (Å²) in [7, 11) is 1.86. The zero-order valence-electron chi connectivity index (χ0n) is 4.70. The molecule has 0 amide bonds. The van der Waals surface area contributed by atoms with Crippen molar-refractivity contribution in [1.29, 1.82) is 0 Å². The summed E-state index contributed by atoms with van der Waals surface area (Å²) < 4.78 is 0. The quantitative estimate of drug-likeness (QED) is 0.448. The van der Waals surface area contributed by atoms with E-state index in [9.17, 15) is 0 Å². The average molecular weight is 107 g/mol. The Kier molecular flexibility index (Phi) is 1.47. The van der Waals surface area contributed by atoms with Crippen molar-refractivity contribution in [3.05, 3.63) is 24.4 Å². The number of nitrogens with zero attached hydrogens (tertiary/aromatic N) is 2. The van der Waals surface area contributed by atoms with Crippen molar-refractivity contribution in [2.75, 3.05) is 7.05 Å². The molecular formula is C6H7N2. The van der Waals surface area contributed by atoms with Gasteiger partial charge in [-0.3, -0.25) is 5.01 Å². The molecule has 2 nitrogen and oxygen atoms in total. The van der Waals surface area contributed by atoms with E-state index < -0.39 is 0 Å². The van der Waals surface area contributed by atoms with Crippen LogP contribution in [0.4, 0.5) is 0 Å². The van der Waals surface area contributed by atoms with Crippen LogP contribution in [0.1, 0.15) is 0 Å². The third-order valence-corrected chi connectivity index (χ3v) is 0.799. The Hall–Kier alpha value is -1.05. The highest BCUT2D eigenvalue weighted by Gasteiger charge is 1.81. The molecule has 0 aromatic heterocycles. The molecule has 0 saturated carbocycles. The highest BCUT2D eigenvalue weighted by molar-refractivity contribution is 5.71. The fraction of sp³-hybridized carbons (Fsp3) is 0.167. The summed E-state index contributed by atoms with van der Waals surface area (Å²) in [4.78, 5) is 0. The minimum absolute atomic E-state index is 1.69. The molecular weight excluding hydrogens is 100 g/mol. The standard InChI is InChI=1S/C6H7N2/c1-8-6-4-2-3-5-7-8/h2-4,6H,1H3. The van der Waals surface area contributed by atoms with Crippen molar-refractivity contribution in [2.45, 2.75) is 0 Å². The van der Waals surface area contributed by atoms with Crippen LogP contribution in [0.25, 0.3) is 0 Å². The molecule has 1 aliphatic rings. The first-order valence-electron chi connectivity index (χ1n) is 2.42. The molecule has 0 aromatic rings. The van der Waals surface area contributed by atoms with Crippen LogP contribution in [0.2, 0.25) is 0 Å². The SMILES string of the molecule is CN1C=CC=C[C]=N1. The molecule has 0 spiro atoms. The lowest BCUT2D eigenvalue weighted by atomic mass is 10.5. The van der Waals surface area contributed by atoms with Crippen LogP contribution in [-0.4, -0.2) is 18.3 Å². The van der Waals surface area contributed by atoms with Crippen molar-refractivity contribution < 1.29 is 0 Å². The molecule has 41 valence electrons. The molecule has 1 rings (SSSR count). The Morgan fingerprint density at radius 2 is 2.38 bits per heavy atom. The summed E-state index contributed by atoms with van der Waals surface area (Å²) in [5.74, 6) is 0. The second-order valence-corrected chi connectivity index (χ2v) is 1.50. The third kappa shape index (κ3) is 1.22. The Morgan fingerprint density at radius 3 is 3.25 bits per heavy atom.